The minimum absolute atomic E-state index is 0.0129. The van der Waals surface area contributed by atoms with Gasteiger partial charge < -0.3 is 20.1 Å². The van der Waals surface area contributed by atoms with Crippen LogP contribution in [0.1, 0.15) is 16.5 Å². The number of quaternary nitrogens is 1. The van der Waals surface area contributed by atoms with Gasteiger partial charge in [-0.1, -0.05) is 48.5 Å². The van der Waals surface area contributed by atoms with Gasteiger partial charge in [0.05, 0.1) is 18.5 Å². The molecule has 3 rings (SSSR count). The number of carbonyl (C=O) groups is 1. The standard InChI is InChI=1S/C22H24N2O3S/c1-26-18-10-5-6-11-19(18)27-14-13-23-21(25)16-24-22(20-12-7-15-28-20)17-8-3-2-4-9-17/h2-12,15,22,24H,13-14,16H2,1H3,(H,23,25)/p+1/t22-/m0/s1. The molecule has 0 spiro atoms. The van der Waals surface area contributed by atoms with E-state index in [2.05, 4.69) is 34.2 Å². The maximum Gasteiger partial charge on any atom is 0.275 e. The summed E-state index contributed by atoms with van der Waals surface area (Å²) in [5, 5.41) is 7.04. The van der Waals surface area contributed by atoms with Crippen LogP contribution in [0.5, 0.6) is 11.5 Å². The van der Waals surface area contributed by atoms with Crippen molar-refractivity contribution < 1.29 is 19.6 Å². The van der Waals surface area contributed by atoms with Gasteiger partial charge in [-0.2, -0.15) is 0 Å². The Balaban J connectivity index is 1.46. The van der Waals surface area contributed by atoms with E-state index in [1.807, 2.05) is 48.5 Å². The van der Waals surface area contributed by atoms with Crippen LogP contribution in [0.15, 0.2) is 72.1 Å². The average Bonchev–Trinajstić information content (AvgIpc) is 3.27. The molecule has 0 unspecified atom stereocenters. The van der Waals surface area contributed by atoms with Crippen LogP contribution in [0.2, 0.25) is 0 Å². The van der Waals surface area contributed by atoms with Crippen LogP contribution in [0.3, 0.4) is 0 Å². The van der Waals surface area contributed by atoms with Gasteiger partial charge in [0, 0.05) is 5.56 Å². The second kappa shape index (κ2) is 10.5. The smallest absolute Gasteiger partial charge is 0.275 e. The first-order valence-corrected chi connectivity index (χ1v) is 10.1. The lowest BCUT2D eigenvalue weighted by molar-refractivity contribution is -0.676. The largest absolute Gasteiger partial charge is 0.493 e. The fourth-order valence-corrected chi connectivity index (χ4v) is 3.78. The fraction of sp³-hybridized carbons (Fsp3) is 0.227. The number of nitrogens with one attached hydrogen (secondary N) is 1. The second-order valence-corrected chi connectivity index (χ2v) is 7.17. The molecule has 0 aliphatic heterocycles. The van der Waals surface area contributed by atoms with Crippen molar-refractivity contribution in [2.45, 2.75) is 6.04 Å². The Labute approximate surface area is 169 Å². The Hall–Kier alpha value is -2.83. The summed E-state index contributed by atoms with van der Waals surface area (Å²) in [7, 11) is 1.61. The zero-order valence-electron chi connectivity index (χ0n) is 15.8. The molecule has 3 N–H and O–H groups in total. The average molecular weight is 398 g/mol. The van der Waals surface area contributed by atoms with Crippen LogP contribution >= 0.6 is 11.3 Å². The third-order valence-corrected chi connectivity index (χ3v) is 5.25. The Morgan fingerprint density at radius 3 is 2.50 bits per heavy atom. The number of thiophene rings is 1. The molecule has 2 aromatic carbocycles. The molecule has 3 aromatic rings. The number of nitrogens with two attached hydrogens (primary N) is 1. The highest BCUT2D eigenvalue weighted by molar-refractivity contribution is 7.10. The molecule has 1 amide bonds. The highest BCUT2D eigenvalue weighted by Crippen LogP contribution is 2.25. The number of rotatable bonds is 10. The van der Waals surface area contributed by atoms with E-state index in [1.54, 1.807) is 18.4 Å². The zero-order chi connectivity index (χ0) is 19.6. The quantitative estimate of drug-likeness (QED) is 0.517. The molecule has 1 atom stereocenters. The molecule has 1 heterocycles. The molecule has 28 heavy (non-hydrogen) atoms. The van der Waals surface area contributed by atoms with Crippen molar-refractivity contribution in [3.63, 3.8) is 0 Å². The van der Waals surface area contributed by atoms with E-state index in [9.17, 15) is 4.79 Å². The summed E-state index contributed by atoms with van der Waals surface area (Å²) < 4.78 is 10.9. The predicted molar refractivity (Wildman–Crippen MR) is 111 cm³/mol. The molecule has 0 aliphatic rings. The van der Waals surface area contributed by atoms with Crippen molar-refractivity contribution >= 4 is 17.2 Å². The number of ether oxygens (including phenoxy) is 2. The topological polar surface area (TPSA) is 64.2 Å². The molecule has 0 saturated heterocycles. The number of hydrogen-bond acceptors (Lipinski definition) is 4. The molecule has 0 aliphatic carbocycles. The Kier molecular flexibility index (Phi) is 7.46. The van der Waals surface area contributed by atoms with Gasteiger partial charge >= 0.3 is 0 Å². The van der Waals surface area contributed by atoms with Crippen molar-refractivity contribution in [3.8, 4) is 11.5 Å². The summed E-state index contributed by atoms with van der Waals surface area (Å²) in [6.45, 7) is 1.19. The van der Waals surface area contributed by atoms with E-state index in [0.717, 1.165) is 0 Å². The van der Waals surface area contributed by atoms with Gasteiger partial charge in [-0.3, -0.25) is 4.79 Å². The van der Waals surface area contributed by atoms with Crippen molar-refractivity contribution in [2.75, 3.05) is 26.8 Å². The first kappa shape index (κ1) is 19.9. The van der Waals surface area contributed by atoms with Crippen LogP contribution in [0.4, 0.5) is 0 Å². The summed E-state index contributed by atoms with van der Waals surface area (Å²) in [4.78, 5) is 13.5. The highest BCUT2D eigenvalue weighted by Gasteiger charge is 2.19. The van der Waals surface area contributed by atoms with Crippen molar-refractivity contribution in [1.29, 1.82) is 0 Å². The third kappa shape index (κ3) is 5.58. The Bertz CT molecular complexity index is 853. The molecule has 5 nitrogen and oxygen atoms in total. The van der Waals surface area contributed by atoms with E-state index < -0.39 is 0 Å². The van der Waals surface area contributed by atoms with Gasteiger partial charge in [0.25, 0.3) is 5.91 Å². The summed E-state index contributed by atoms with van der Waals surface area (Å²) in [5.74, 6) is 1.34. The van der Waals surface area contributed by atoms with Gasteiger partial charge in [0.1, 0.15) is 12.6 Å². The van der Waals surface area contributed by atoms with Crippen LogP contribution in [-0.2, 0) is 4.79 Å². The second-order valence-electron chi connectivity index (χ2n) is 6.19. The van der Waals surface area contributed by atoms with Crippen LogP contribution in [0.25, 0.3) is 0 Å². The molecule has 146 valence electrons. The Morgan fingerprint density at radius 2 is 1.79 bits per heavy atom. The normalized spacial score (nSPS) is 11.6. The van der Waals surface area contributed by atoms with Gasteiger partial charge in [0.15, 0.2) is 18.0 Å². The third-order valence-electron chi connectivity index (χ3n) is 4.30. The number of benzene rings is 2. The van der Waals surface area contributed by atoms with Crippen molar-refractivity contribution in [3.05, 3.63) is 82.6 Å². The minimum atomic E-state index is -0.0129. The number of methoxy groups -OCH3 is 1. The molecule has 0 radical (unpaired) electrons. The van der Waals surface area contributed by atoms with Crippen LogP contribution in [-0.4, -0.2) is 32.7 Å². The van der Waals surface area contributed by atoms with Crippen LogP contribution in [0, 0.1) is 0 Å². The maximum absolute atomic E-state index is 12.3. The van der Waals surface area contributed by atoms with E-state index in [0.29, 0.717) is 31.2 Å². The molecule has 0 bridgehead atoms. The first-order valence-electron chi connectivity index (χ1n) is 9.22. The summed E-state index contributed by atoms with van der Waals surface area (Å²) in [5.41, 5.74) is 1.19. The molecular weight excluding hydrogens is 372 g/mol. The lowest BCUT2D eigenvalue weighted by atomic mass is 10.1. The molecular formula is C22H25N2O3S+. The number of carbonyl (C=O) groups excluding carboxylic acids is 1. The van der Waals surface area contributed by atoms with Gasteiger partial charge in [-0.25, -0.2) is 0 Å². The summed E-state index contributed by atoms with van der Waals surface area (Å²) in [6, 6.07) is 22.0. The first-order chi connectivity index (χ1) is 13.8. The molecule has 1 aromatic heterocycles. The highest BCUT2D eigenvalue weighted by atomic mass is 32.1. The van der Waals surface area contributed by atoms with Gasteiger partial charge in [-0.05, 0) is 23.6 Å². The van der Waals surface area contributed by atoms with E-state index in [1.165, 1.54) is 10.4 Å². The SMILES string of the molecule is COc1ccccc1OCCNC(=O)C[NH2+][C@@H](c1ccccc1)c1cccs1. The van der Waals surface area contributed by atoms with Crippen molar-refractivity contribution in [2.24, 2.45) is 0 Å². The molecule has 0 saturated carbocycles. The van der Waals surface area contributed by atoms with E-state index >= 15 is 0 Å². The maximum atomic E-state index is 12.3. The minimum Gasteiger partial charge on any atom is -0.493 e. The van der Waals surface area contributed by atoms with Gasteiger partial charge in [-0.15, -0.1) is 11.3 Å². The molecule has 6 heteroatoms. The summed E-state index contributed by atoms with van der Waals surface area (Å²) >= 11 is 1.71. The van der Waals surface area contributed by atoms with Crippen molar-refractivity contribution in [1.82, 2.24) is 5.32 Å². The number of hydrogen-bond donors (Lipinski definition) is 2. The van der Waals surface area contributed by atoms with Crippen LogP contribution < -0.4 is 20.1 Å². The summed E-state index contributed by atoms with van der Waals surface area (Å²) in [6.07, 6.45) is 0. The lowest BCUT2D eigenvalue weighted by Gasteiger charge is -2.15. The van der Waals surface area contributed by atoms with E-state index in [4.69, 9.17) is 9.47 Å². The number of amides is 1. The predicted octanol–water partition coefficient (Wildman–Crippen LogP) is 2.60. The lowest BCUT2D eigenvalue weighted by Crippen LogP contribution is -2.87. The van der Waals surface area contributed by atoms with E-state index in [-0.39, 0.29) is 11.9 Å². The Morgan fingerprint density at radius 1 is 1.04 bits per heavy atom. The molecule has 0 fully saturated rings. The van der Waals surface area contributed by atoms with Gasteiger partial charge in [0.2, 0.25) is 0 Å². The monoisotopic (exact) mass is 397 g/mol. The number of para-hydroxylation sites is 2. The fourth-order valence-electron chi connectivity index (χ4n) is 2.93. The zero-order valence-corrected chi connectivity index (χ0v) is 16.7.